The molecule has 2 rings (SSSR count). The van der Waals surface area contributed by atoms with Gasteiger partial charge in [-0.05, 0) is 62.7 Å². The maximum absolute atomic E-state index is 12.7. The molecule has 118 valence electrons. The van der Waals surface area contributed by atoms with Crippen LogP contribution in [0, 0.1) is 13.8 Å². The van der Waals surface area contributed by atoms with Crippen molar-refractivity contribution in [2.45, 2.75) is 40.3 Å². The summed E-state index contributed by atoms with van der Waals surface area (Å²) in [5.74, 6) is 0.00964. The molecule has 0 saturated carbocycles. The number of aromatic nitrogens is 1. The van der Waals surface area contributed by atoms with Crippen LogP contribution in [0.4, 0.5) is 0 Å². The molecule has 0 aliphatic carbocycles. The van der Waals surface area contributed by atoms with Gasteiger partial charge in [-0.25, -0.2) is 0 Å². The molecule has 1 N–H and O–H groups in total. The van der Waals surface area contributed by atoms with Gasteiger partial charge >= 0.3 is 0 Å². The molecule has 0 amide bonds. The van der Waals surface area contributed by atoms with Gasteiger partial charge in [0, 0.05) is 17.8 Å². The molecular formula is C17H22N2O2S. The number of carbonyl (C=O) groups is 2. The van der Waals surface area contributed by atoms with Crippen molar-refractivity contribution in [3.63, 3.8) is 0 Å². The largest absolute Gasteiger partial charge is 0.355 e. The average Bonchev–Trinajstić information content (AvgIpc) is 3.05. The predicted octanol–water partition coefficient (Wildman–Crippen LogP) is 3.60. The number of thiophene rings is 1. The van der Waals surface area contributed by atoms with E-state index in [2.05, 4.69) is 16.4 Å². The van der Waals surface area contributed by atoms with Gasteiger partial charge in [-0.1, -0.05) is 0 Å². The van der Waals surface area contributed by atoms with Gasteiger partial charge in [-0.2, -0.15) is 11.3 Å². The molecule has 2 aromatic heterocycles. The highest BCUT2D eigenvalue weighted by atomic mass is 32.1. The van der Waals surface area contributed by atoms with Crippen LogP contribution in [0.2, 0.25) is 0 Å². The van der Waals surface area contributed by atoms with Crippen LogP contribution in [0.1, 0.15) is 51.5 Å². The van der Waals surface area contributed by atoms with Crippen LogP contribution in [0.15, 0.2) is 16.8 Å². The fourth-order valence-electron chi connectivity index (χ4n) is 2.74. The van der Waals surface area contributed by atoms with Crippen molar-refractivity contribution >= 4 is 22.9 Å². The number of H-pyrrole nitrogens is 1. The Kier molecular flexibility index (Phi) is 4.98. The van der Waals surface area contributed by atoms with E-state index in [4.69, 9.17) is 0 Å². The molecule has 1 atom stereocenters. The summed E-state index contributed by atoms with van der Waals surface area (Å²) in [5.41, 5.74) is 3.91. The highest BCUT2D eigenvalue weighted by Gasteiger charge is 2.25. The molecule has 2 heterocycles. The minimum atomic E-state index is -0.253. The fourth-order valence-corrected chi connectivity index (χ4v) is 3.40. The molecule has 0 aliphatic rings. The summed E-state index contributed by atoms with van der Waals surface area (Å²) in [6, 6.07) is 1.81. The monoisotopic (exact) mass is 318 g/mol. The van der Waals surface area contributed by atoms with Crippen molar-refractivity contribution in [3.8, 4) is 0 Å². The van der Waals surface area contributed by atoms with Gasteiger partial charge in [-0.3, -0.25) is 14.5 Å². The molecule has 5 heteroatoms. The summed E-state index contributed by atoms with van der Waals surface area (Å²) in [7, 11) is 1.94. The van der Waals surface area contributed by atoms with Gasteiger partial charge in [0.25, 0.3) is 0 Å². The molecule has 0 fully saturated rings. The third-order valence-electron chi connectivity index (χ3n) is 4.09. The molecule has 0 aromatic carbocycles. The zero-order chi connectivity index (χ0) is 16.4. The third-order valence-corrected chi connectivity index (χ3v) is 4.82. The maximum atomic E-state index is 12.7. The molecular weight excluding hydrogens is 296 g/mol. The Morgan fingerprint density at radius 2 is 2.05 bits per heavy atom. The molecule has 2 aromatic rings. The van der Waals surface area contributed by atoms with Crippen LogP contribution in [-0.4, -0.2) is 34.5 Å². The number of hydrogen-bond donors (Lipinski definition) is 1. The number of nitrogens with one attached hydrogen (secondary N) is 1. The van der Waals surface area contributed by atoms with E-state index in [0.29, 0.717) is 11.3 Å². The number of carbonyl (C=O) groups excluding carboxylic acids is 2. The van der Waals surface area contributed by atoms with E-state index >= 15 is 0 Å². The first kappa shape index (κ1) is 16.6. The normalized spacial score (nSPS) is 12.6. The SMILES string of the molecule is CC(=O)c1c(C)[nH]c(C(=O)[C@H](C)N(C)Cc2ccsc2)c1C. The van der Waals surface area contributed by atoms with Gasteiger partial charge in [-0.15, -0.1) is 0 Å². The number of ketones is 2. The predicted molar refractivity (Wildman–Crippen MR) is 89.8 cm³/mol. The number of nitrogens with zero attached hydrogens (tertiary/aromatic N) is 1. The summed E-state index contributed by atoms with van der Waals surface area (Å²) in [4.78, 5) is 29.6. The second-order valence-electron chi connectivity index (χ2n) is 5.77. The van der Waals surface area contributed by atoms with Crippen LogP contribution in [0.3, 0.4) is 0 Å². The molecule has 0 unspecified atom stereocenters. The number of aryl methyl sites for hydroxylation is 1. The molecule has 0 spiro atoms. The highest BCUT2D eigenvalue weighted by Crippen LogP contribution is 2.21. The zero-order valence-electron chi connectivity index (χ0n) is 13.7. The van der Waals surface area contributed by atoms with E-state index in [9.17, 15) is 9.59 Å². The first-order valence-corrected chi connectivity index (χ1v) is 8.22. The minimum absolute atomic E-state index is 0.00965. The van der Waals surface area contributed by atoms with Crippen LogP contribution in [-0.2, 0) is 6.54 Å². The van der Waals surface area contributed by atoms with Crippen LogP contribution >= 0.6 is 11.3 Å². The van der Waals surface area contributed by atoms with Gasteiger partial charge in [0.2, 0.25) is 0 Å². The van der Waals surface area contributed by atoms with E-state index in [1.165, 1.54) is 12.5 Å². The van der Waals surface area contributed by atoms with Crippen LogP contribution in [0.25, 0.3) is 0 Å². The summed E-state index contributed by atoms with van der Waals surface area (Å²) in [6.45, 7) is 7.83. The Morgan fingerprint density at radius 1 is 1.36 bits per heavy atom. The summed E-state index contributed by atoms with van der Waals surface area (Å²) >= 11 is 1.65. The van der Waals surface area contributed by atoms with E-state index < -0.39 is 0 Å². The first-order chi connectivity index (χ1) is 10.3. The second kappa shape index (κ2) is 6.58. The van der Waals surface area contributed by atoms with E-state index in [1.807, 2.05) is 38.1 Å². The van der Waals surface area contributed by atoms with Crippen LogP contribution in [0.5, 0.6) is 0 Å². The van der Waals surface area contributed by atoms with Crippen molar-refractivity contribution in [2.24, 2.45) is 0 Å². The van der Waals surface area contributed by atoms with Crippen molar-refractivity contribution < 1.29 is 9.59 Å². The maximum Gasteiger partial charge on any atom is 0.196 e. The Morgan fingerprint density at radius 3 is 2.55 bits per heavy atom. The number of hydrogen-bond acceptors (Lipinski definition) is 4. The lowest BCUT2D eigenvalue weighted by Gasteiger charge is -2.23. The second-order valence-corrected chi connectivity index (χ2v) is 6.55. The summed E-state index contributed by atoms with van der Waals surface area (Å²) in [5, 5.41) is 4.12. The van der Waals surface area contributed by atoms with Crippen molar-refractivity contribution in [1.82, 2.24) is 9.88 Å². The smallest absolute Gasteiger partial charge is 0.196 e. The van der Waals surface area contributed by atoms with E-state index in [1.54, 1.807) is 11.3 Å². The molecule has 22 heavy (non-hydrogen) atoms. The van der Waals surface area contributed by atoms with Gasteiger partial charge < -0.3 is 4.98 Å². The Bertz CT molecular complexity index is 686. The molecule has 0 radical (unpaired) electrons. The Hall–Kier alpha value is -1.72. The molecule has 0 bridgehead atoms. The number of aromatic amines is 1. The quantitative estimate of drug-likeness (QED) is 0.828. The summed E-state index contributed by atoms with van der Waals surface area (Å²) < 4.78 is 0. The lowest BCUT2D eigenvalue weighted by molar-refractivity contribution is 0.0857. The zero-order valence-corrected chi connectivity index (χ0v) is 14.5. The highest BCUT2D eigenvalue weighted by molar-refractivity contribution is 7.07. The van der Waals surface area contributed by atoms with Crippen molar-refractivity contribution in [1.29, 1.82) is 0 Å². The van der Waals surface area contributed by atoms with Crippen molar-refractivity contribution in [3.05, 3.63) is 44.9 Å². The fraction of sp³-hybridized carbons (Fsp3) is 0.412. The van der Waals surface area contributed by atoms with Crippen LogP contribution < -0.4 is 0 Å². The Labute approximate surface area is 135 Å². The van der Waals surface area contributed by atoms with E-state index in [0.717, 1.165) is 17.8 Å². The topological polar surface area (TPSA) is 53.2 Å². The Balaban J connectivity index is 2.20. The average molecular weight is 318 g/mol. The molecule has 0 saturated heterocycles. The summed E-state index contributed by atoms with van der Waals surface area (Å²) in [6.07, 6.45) is 0. The number of likely N-dealkylation sites (N-methyl/N-ethyl adjacent to an activating group) is 1. The standard InChI is InChI=1S/C17H22N2O2S/c1-10-15(13(4)20)11(2)18-16(10)17(21)12(3)19(5)8-14-6-7-22-9-14/h6-7,9,12,18H,8H2,1-5H3/t12-/m0/s1. The first-order valence-electron chi connectivity index (χ1n) is 7.28. The lowest BCUT2D eigenvalue weighted by Crippen LogP contribution is -2.36. The van der Waals surface area contributed by atoms with Crippen molar-refractivity contribution in [2.75, 3.05) is 7.05 Å². The van der Waals surface area contributed by atoms with Gasteiger partial charge in [0.05, 0.1) is 11.7 Å². The number of Topliss-reactive ketones (excluding diaryl/α,β-unsaturated/α-hetero) is 2. The molecule has 0 aliphatic heterocycles. The number of rotatable bonds is 6. The third kappa shape index (κ3) is 3.20. The van der Waals surface area contributed by atoms with Gasteiger partial charge in [0.15, 0.2) is 11.6 Å². The lowest BCUT2D eigenvalue weighted by atomic mass is 10.0. The minimum Gasteiger partial charge on any atom is -0.355 e. The van der Waals surface area contributed by atoms with Gasteiger partial charge in [0.1, 0.15) is 0 Å². The van der Waals surface area contributed by atoms with E-state index in [-0.39, 0.29) is 17.6 Å². The molecule has 4 nitrogen and oxygen atoms in total.